The number of carbonyl (C=O) groups is 1. The predicted molar refractivity (Wildman–Crippen MR) is 56.7 cm³/mol. The highest BCUT2D eigenvalue weighted by molar-refractivity contribution is 7.92. The Bertz CT molecular complexity index is 379. The molecule has 0 saturated heterocycles. The van der Waals surface area contributed by atoms with Crippen molar-refractivity contribution in [1.82, 2.24) is 5.32 Å². The number of nitriles is 1. The van der Waals surface area contributed by atoms with E-state index in [1.165, 1.54) is 6.92 Å². The number of amides is 1. The topological polar surface area (TPSA) is 87.0 Å². The molecule has 0 aliphatic rings. The molecule has 0 saturated carbocycles. The highest BCUT2D eigenvalue weighted by Crippen LogP contribution is 2.10. The molecule has 86 valence electrons. The molecule has 0 radical (unpaired) electrons. The molecule has 5 nitrogen and oxygen atoms in total. The summed E-state index contributed by atoms with van der Waals surface area (Å²) in [5, 5.41) is 10.0. The van der Waals surface area contributed by atoms with Crippen molar-refractivity contribution in [3.8, 4) is 6.07 Å². The molecular formula is C9H16N2O3S. The van der Waals surface area contributed by atoms with E-state index in [9.17, 15) is 13.2 Å². The summed E-state index contributed by atoms with van der Waals surface area (Å²) in [6.45, 7) is 4.79. The van der Waals surface area contributed by atoms with Crippen LogP contribution in [0.5, 0.6) is 0 Å². The molecule has 1 unspecified atom stereocenters. The molecule has 0 aliphatic carbocycles. The minimum atomic E-state index is -3.37. The maximum atomic E-state index is 11.4. The number of rotatable bonds is 4. The van der Waals surface area contributed by atoms with Gasteiger partial charge < -0.3 is 5.32 Å². The summed E-state index contributed by atoms with van der Waals surface area (Å²) in [5.74, 6) is -0.569. The first-order chi connectivity index (χ1) is 6.60. The van der Waals surface area contributed by atoms with Crippen LogP contribution in [-0.2, 0) is 14.6 Å². The Kier molecular flexibility index (Phi) is 4.28. The summed E-state index contributed by atoms with van der Waals surface area (Å²) >= 11 is 0. The van der Waals surface area contributed by atoms with Crippen LogP contribution in [0, 0.1) is 16.7 Å². The second-order valence-electron chi connectivity index (χ2n) is 4.19. The molecule has 0 aliphatic heterocycles. The van der Waals surface area contributed by atoms with Crippen molar-refractivity contribution < 1.29 is 13.2 Å². The minimum absolute atomic E-state index is 0.141. The van der Waals surface area contributed by atoms with Gasteiger partial charge in [0.05, 0.1) is 11.5 Å². The fourth-order valence-corrected chi connectivity index (χ4v) is 1.16. The van der Waals surface area contributed by atoms with Crippen LogP contribution in [0.3, 0.4) is 0 Å². The lowest BCUT2D eigenvalue weighted by molar-refractivity contribution is -0.120. The molecule has 0 aromatic rings. The standard InChI is InChI=1S/C9H16N2O3S/c1-7(15(4,13)14)8(12)11-6-9(2,3)5-10/h7H,6H2,1-4H3,(H,11,12). The second-order valence-corrected chi connectivity index (χ2v) is 6.55. The predicted octanol–water partition coefficient (Wildman–Crippen LogP) is 0.0855. The Morgan fingerprint density at radius 3 is 2.33 bits per heavy atom. The molecule has 0 bridgehead atoms. The molecule has 0 aromatic carbocycles. The van der Waals surface area contributed by atoms with Crippen molar-refractivity contribution in [2.45, 2.75) is 26.0 Å². The zero-order chi connectivity index (χ0) is 12.3. The fourth-order valence-electron chi connectivity index (χ4n) is 0.686. The molecule has 0 spiro atoms. The fraction of sp³-hybridized carbons (Fsp3) is 0.778. The van der Waals surface area contributed by atoms with Gasteiger partial charge in [-0.15, -0.1) is 0 Å². The Morgan fingerprint density at radius 1 is 1.53 bits per heavy atom. The van der Waals surface area contributed by atoms with E-state index < -0.39 is 26.4 Å². The Hall–Kier alpha value is -1.09. The van der Waals surface area contributed by atoms with E-state index >= 15 is 0 Å². The van der Waals surface area contributed by atoms with Gasteiger partial charge in [0.2, 0.25) is 5.91 Å². The third-order valence-electron chi connectivity index (χ3n) is 2.02. The molecule has 1 amide bonds. The molecule has 0 fully saturated rings. The molecule has 0 rings (SSSR count). The average Bonchev–Trinajstić information content (AvgIpc) is 2.11. The summed E-state index contributed by atoms with van der Waals surface area (Å²) in [4.78, 5) is 11.4. The lowest BCUT2D eigenvalue weighted by Gasteiger charge is -2.17. The van der Waals surface area contributed by atoms with Gasteiger partial charge in [-0.2, -0.15) is 5.26 Å². The smallest absolute Gasteiger partial charge is 0.238 e. The number of hydrogen-bond acceptors (Lipinski definition) is 4. The van der Waals surface area contributed by atoms with Crippen LogP contribution in [-0.4, -0.2) is 32.4 Å². The van der Waals surface area contributed by atoms with E-state index in [2.05, 4.69) is 5.32 Å². The molecule has 0 heterocycles. The van der Waals surface area contributed by atoms with E-state index in [4.69, 9.17) is 5.26 Å². The van der Waals surface area contributed by atoms with Gasteiger partial charge in [0.25, 0.3) is 0 Å². The first-order valence-corrected chi connectivity index (χ1v) is 6.43. The average molecular weight is 232 g/mol. The summed E-state index contributed by atoms with van der Waals surface area (Å²) in [7, 11) is -3.37. The Balaban J connectivity index is 4.37. The second kappa shape index (κ2) is 4.62. The van der Waals surface area contributed by atoms with Crippen molar-refractivity contribution >= 4 is 15.7 Å². The maximum Gasteiger partial charge on any atom is 0.238 e. The summed E-state index contributed by atoms with van der Waals surface area (Å²) < 4.78 is 22.1. The number of nitrogens with one attached hydrogen (secondary N) is 1. The van der Waals surface area contributed by atoms with Crippen molar-refractivity contribution in [2.75, 3.05) is 12.8 Å². The van der Waals surface area contributed by atoms with Gasteiger partial charge >= 0.3 is 0 Å². The van der Waals surface area contributed by atoms with E-state index in [0.717, 1.165) is 6.26 Å². The van der Waals surface area contributed by atoms with Crippen LogP contribution >= 0.6 is 0 Å². The van der Waals surface area contributed by atoms with Gasteiger partial charge in [-0.05, 0) is 20.8 Å². The van der Waals surface area contributed by atoms with E-state index in [0.29, 0.717) is 0 Å². The Morgan fingerprint density at radius 2 is 2.00 bits per heavy atom. The van der Waals surface area contributed by atoms with E-state index in [1.807, 2.05) is 6.07 Å². The van der Waals surface area contributed by atoms with Crippen LogP contribution < -0.4 is 5.32 Å². The van der Waals surface area contributed by atoms with Crippen LogP contribution in [0.1, 0.15) is 20.8 Å². The van der Waals surface area contributed by atoms with Gasteiger partial charge in [-0.1, -0.05) is 0 Å². The highest BCUT2D eigenvalue weighted by Gasteiger charge is 2.25. The highest BCUT2D eigenvalue weighted by atomic mass is 32.2. The van der Waals surface area contributed by atoms with Gasteiger partial charge in [0.1, 0.15) is 5.25 Å². The van der Waals surface area contributed by atoms with Crippen LogP contribution in [0.4, 0.5) is 0 Å². The molecular weight excluding hydrogens is 216 g/mol. The molecule has 1 atom stereocenters. The molecule has 6 heteroatoms. The van der Waals surface area contributed by atoms with Gasteiger partial charge in [-0.3, -0.25) is 4.79 Å². The maximum absolute atomic E-state index is 11.4. The number of hydrogen-bond donors (Lipinski definition) is 1. The normalized spacial score (nSPS) is 14.1. The first-order valence-electron chi connectivity index (χ1n) is 4.48. The SMILES string of the molecule is CC(C(=O)NCC(C)(C)C#N)S(C)(=O)=O. The van der Waals surface area contributed by atoms with Crippen LogP contribution in [0.25, 0.3) is 0 Å². The van der Waals surface area contributed by atoms with Gasteiger partial charge in [0.15, 0.2) is 9.84 Å². The molecule has 1 N–H and O–H groups in total. The Labute approximate surface area is 90.4 Å². The van der Waals surface area contributed by atoms with Crippen molar-refractivity contribution in [3.05, 3.63) is 0 Å². The number of carbonyl (C=O) groups excluding carboxylic acids is 1. The minimum Gasteiger partial charge on any atom is -0.353 e. The van der Waals surface area contributed by atoms with Crippen LogP contribution in [0.2, 0.25) is 0 Å². The summed E-state index contributed by atoms with van der Waals surface area (Å²) in [5.41, 5.74) is -0.688. The van der Waals surface area contributed by atoms with Crippen molar-refractivity contribution in [3.63, 3.8) is 0 Å². The third kappa shape index (κ3) is 4.79. The van der Waals surface area contributed by atoms with E-state index in [1.54, 1.807) is 13.8 Å². The lowest BCUT2D eigenvalue weighted by Crippen LogP contribution is -2.41. The van der Waals surface area contributed by atoms with Crippen LogP contribution in [0.15, 0.2) is 0 Å². The quantitative estimate of drug-likeness (QED) is 0.744. The van der Waals surface area contributed by atoms with Gasteiger partial charge in [-0.25, -0.2) is 8.42 Å². The lowest BCUT2D eigenvalue weighted by atomic mass is 9.96. The monoisotopic (exact) mass is 232 g/mol. The first kappa shape index (κ1) is 13.9. The third-order valence-corrected chi connectivity index (χ3v) is 3.52. The number of nitrogens with zero attached hydrogens (tertiary/aromatic N) is 1. The summed E-state index contributed by atoms with van der Waals surface area (Å²) in [6, 6.07) is 2.01. The zero-order valence-corrected chi connectivity index (χ0v) is 10.2. The largest absolute Gasteiger partial charge is 0.353 e. The van der Waals surface area contributed by atoms with E-state index in [-0.39, 0.29) is 6.54 Å². The van der Waals surface area contributed by atoms with Crippen molar-refractivity contribution in [1.29, 1.82) is 5.26 Å². The summed E-state index contributed by atoms with van der Waals surface area (Å²) in [6.07, 6.45) is 1.01. The zero-order valence-electron chi connectivity index (χ0n) is 9.36. The number of sulfone groups is 1. The van der Waals surface area contributed by atoms with Crippen molar-refractivity contribution in [2.24, 2.45) is 5.41 Å². The molecule has 0 aromatic heterocycles. The molecule has 15 heavy (non-hydrogen) atoms. The van der Waals surface area contributed by atoms with Gasteiger partial charge in [0, 0.05) is 12.8 Å².